The maximum absolute atomic E-state index is 13.6. The van der Waals surface area contributed by atoms with Crippen LogP contribution in [-0.2, 0) is 0 Å². The first-order valence-corrected chi connectivity index (χ1v) is 6.68. The molecule has 20 heavy (non-hydrogen) atoms. The average molecular weight is 296 g/mol. The number of carbonyl (C=O) groups excluding carboxylic acids is 1. The Balaban J connectivity index is 2.14. The molecule has 2 rings (SSSR count). The number of amides is 1. The number of benzene rings is 1. The van der Waals surface area contributed by atoms with E-state index in [1.54, 1.807) is 0 Å². The van der Waals surface area contributed by atoms with Gasteiger partial charge in [0.25, 0.3) is 5.91 Å². The highest BCUT2D eigenvalue weighted by Gasteiger charge is 2.15. The van der Waals surface area contributed by atoms with E-state index < -0.39 is 11.7 Å². The van der Waals surface area contributed by atoms with Crippen molar-refractivity contribution in [2.75, 3.05) is 24.3 Å². The molecule has 0 aliphatic carbocycles. The van der Waals surface area contributed by atoms with Crippen molar-refractivity contribution in [1.82, 2.24) is 10.2 Å². The van der Waals surface area contributed by atoms with Crippen molar-refractivity contribution in [3.05, 3.63) is 29.0 Å². The van der Waals surface area contributed by atoms with E-state index in [0.717, 1.165) is 11.3 Å². The molecule has 0 saturated heterocycles. The van der Waals surface area contributed by atoms with Crippen molar-refractivity contribution >= 4 is 28.1 Å². The number of carbonyl (C=O) groups is 1. The van der Waals surface area contributed by atoms with Crippen LogP contribution >= 0.6 is 11.3 Å². The monoisotopic (exact) mass is 296 g/mol. The highest BCUT2D eigenvalue weighted by molar-refractivity contribution is 7.17. The smallest absolute Gasteiger partial charge is 0.286 e. The molecule has 0 bridgehead atoms. The second-order valence-corrected chi connectivity index (χ2v) is 4.72. The number of ether oxygens (including phenoxy) is 1. The highest BCUT2D eigenvalue weighted by atomic mass is 32.1. The maximum atomic E-state index is 13.6. The molecule has 0 atom stereocenters. The lowest BCUT2D eigenvalue weighted by molar-refractivity contribution is 0.102. The summed E-state index contributed by atoms with van der Waals surface area (Å²) in [5.41, 5.74) is 0.0366. The summed E-state index contributed by atoms with van der Waals surface area (Å²) in [5.74, 6) is -0.610. The number of nitrogens with one attached hydrogen (secondary N) is 2. The normalized spacial score (nSPS) is 10.2. The van der Waals surface area contributed by atoms with E-state index in [1.165, 1.54) is 25.3 Å². The van der Waals surface area contributed by atoms with Crippen LogP contribution in [0.3, 0.4) is 0 Å². The number of hydrogen-bond acceptors (Lipinski definition) is 6. The fraction of sp³-hybridized carbons (Fsp3) is 0.250. The number of nitrogens with zero attached hydrogens (tertiary/aromatic N) is 2. The number of hydrogen-bond donors (Lipinski definition) is 2. The topological polar surface area (TPSA) is 76.1 Å². The fourth-order valence-corrected chi connectivity index (χ4v) is 2.15. The largest absolute Gasteiger partial charge is 0.497 e. The van der Waals surface area contributed by atoms with Crippen LogP contribution in [0.25, 0.3) is 0 Å². The summed E-state index contributed by atoms with van der Waals surface area (Å²) in [5, 5.41) is 13.6. The predicted molar refractivity (Wildman–Crippen MR) is 75.0 cm³/mol. The number of anilines is 2. The minimum atomic E-state index is -0.546. The van der Waals surface area contributed by atoms with Gasteiger partial charge in [0.15, 0.2) is 0 Å². The van der Waals surface area contributed by atoms with Gasteiger partial charge in [0.05, 0.1) is 12.8 Å². The molecule has 8 heteroatoms. The molecule has 106 valence electrons. The second-order valence-electron chi connectivity index (χ2n) is 3.74. The van der Waals surface area contributed by atoms with Gasteiger partial charge in [-0.2, -0.15) is 0 Å². The quantitative estimate of drug-likeness (QED) is 0.886. The van der Waals surface area contributed by atoms with E-state index in [9.17, 15) is 9.18 Å². The molecule has 0 unspecified atom stereocenters. The zero-order valence-corrected chi connectivity index (χ0v) is 11.8. The van der Waals surface area contributed by atoms with Crippen molar-refractivity contribution in [1.29, 1.82) is 0 Å². The molecule has 0 aliphatic heterocycles. The summed E-state index contributed by atoms with van der Waals surface area (Å²) < 4.78 is 18.6. The molecule has 1 aromatic heterocycles. The molecule has 2 aromatic rings. The molecular formula is C12H13FN4O2S. The Morgan fingerprint density at radius 2 is 2.25 bits per heavy atom. The third-order valence-electron chi connectivity index (χ3n) is 2.37. The summed E-state index contributed by atoms with van der Waals surface area (Å²) in [6.45, 7) is 2.59. The third kappa shape index (κ3) is 3.21. The van der Waals surface area contributed by atoms with Crippen LogP contribution in [0.2, 0.25) is 0 Å². The zero-order valence-electron chi connectivity index (χ0n) is 10.9. The van der Waals surface area contributed by atoms with Crippen molar-refractivity contribution in [2.24, 2.45) is 0 Å². The molecular weight excluding hydrogens is 283 g/mol. The van der Waals surface area contributed by atoms with Crippen LogP contribution in [0.5, 0.6) is 5.75 Å². The van der Waals surface area contributed by atoms with Crippen LogP contribution < -0.4 is 15.4 Å². The van der Waals surface area contributed by atoms with Gasteiger partial charge < -0.3 is 15.4 Å². The third-order valence-corrected chi connectivity index (χ3v) is 3.25. The second kappa shape index (κ2) is 6.29. The molecule has 2 N–H and O–H groups in total. The Labute approximate surface area is 119 Å². The van der Waals surface area contributed by atoms with Crippen LogP contribution in [0.15, 0.2) is 18.2 Å². The van der Waals surface area contributed by atoms with E-state index >= 15 is 0 Å². The van der Waals surface area contributed by atoms with Crippen LogP contribution in [0.4, 0.5) is 15.2 Å². The first kappa shape index (κ1) is 14.2. The number of methoxy groups -OCH3 is 1. The molecule has 0 radical (unpaired) electrons. The predicted octanol–water partition coefficient (Wildman–Crippen LogP) is 2.37. The standard InChI is InChI=1S/C12H13FN4O2S/c1-3-14-12-17-16-11(20-12)10(18)15-9-6-7(19-2)4-5-8(9)13/h4-6H,3H2,1-2H3,(H,14,17)(H,15,18). The fourth-order valence-electron chi connectivity index (χ4n) is 1.44. The van der Waals surface area contributed by atoms with E-state index in [1.807, 2.05) is 6.92 Å². The molecule has 0 aliphatic rings. The Morgan fingerprint density at radius 1 is 1.45 bits per heavy atom. The Morgan fingerprint density at radius 3 is 2.95 bits per heavy atom. The van der Waals surface area contributed by atoms with Gasteiger partial charge in [0.2, 0.25) is 10.1 Å². The average Bonchev–Trinajstić information content (AvgIpc) is 2.90. The Hall–Kier alpha value is -2.22. The molecule has 0 saturated carbocycles. The van der Waals surface area contributed by atoms with Crippen LogP contribution in [-0.4, -0.2) is 29.8 Å². The summed E-state index contributed by atoms with van der Waals surface area (Å²) in [7, 11) is 1.46. The van der Waals surface area contributed by atoms with Crippen molar-refractivity contribution in [2.45, 2.75) is 6.92 Å². The number of aromatic nitrogens is 2. The molecule has 1 amide bonds. The summed E-state index contributed by atoms with van der Waals surface area (Å²) in [6, 6.07) is 4.09. The lowest BCUT2D eigenvalue weighted by Crippen LogP contribution is -2.12. The molecule has 0 spiro atoms. The molecule has 6 nitrogen and oxygen atoms in total. The number of halogens is 1. The Kier molecular flexibility index (Phi) is 4.46. The molecule has 0 fully saturated rings. The van der Waals surface area contributed by atoms with Gasteiger partial charge in [-0.25, -0.2) is 4.39 Å². The van der Waals surface area contributed by atoms with Crippen molar-refractivity contribution in [3.8, 4) is 5.75 Å². The maximum Gasteiger partial charge on any atom is 0.286 e. The highest BCUT2D eigenvalue weighted by Crippen LogP contribution is 2.22. The van der Waals surface area contributed by atoms with Gasteiger partial charge >= 0.3 is 0 Å². The minimum absolute atomic E-state index is 0.0366. The van der Waals surface area contributed by atoms with Gasteiger partial charge in [-0.15, -0.1) is 10.2 Å². The van der Waals surface area contributed by atoms with Crippen molar-refractivity contribution in [3.63, 3.8) is 0 Å². The lowest BCUT2D eigenvalue weighted by Gasteiger charge is -2.06. The van der Waals surface area contributed by atoms with E-state index in [-0.39, 0.29) is 10.7 Å². The lowest BCUT2D eigenvalue weighted by atomic mass is 10.3. The van der Waals surface area contributed by atoms with Gasteiger partial charge in [0, 0.05) is 12.6 Å². The first-order valence-electron chi connectivity index (χ1n) is 5.86. The molecule has 1 aromatic carbocycles. The van der Waals surface area contributed by atoms with E-state index in [2.05, 4.69) is 20.8 Å². The van der Waals surface area contributed by atoms with Crippen LogP contribution in [0, 0.1) is 5.82 Å². The minimum Gasteiger partial charge on any atom is -0.497 e. The van der Waals surface area contributed by atoms with Gasteiger partial charge in [-0.3, -0.25) is 4.79 Å². The van der Waals surface area contributed by atoms with Crippen molar-refractivity contribution < 1.29 is 13.9 Å². The Bertz CT molecular complexity index is 617. The van der Waals surface area contributed by atoms with Crippen LogP contribution in [0.1, 0.15) is 16.7 Å². The van der Waals surface area contributed by atoms with E-state index in [4.69, 9.17) is 4.74 Å². The van der Waals surface area contributed by atoms with E-state index in [0.29, 0.717) is 17.4 Å². The summed E-state index contributed by atoms with van der Waals surface area (Å²) in [4.78, 5) is 11.9. The molecule has 1 heterocycles. The van der Waals surface area contributed by atoms with Gasteiger partial charge in [-0.1, -0.05) is 11.3 Å². The number of rotatable bonds is 5. The SMILES string of the molecule is CCNc1nnc(C(=O)Nc2cc(OC)ccc2F)s1. The summed E-state index contributed by atoms with van der Waals surface area (Å²) in [6.07, 6.45) is 0. The van der Waals surface area contributed by atoms with Gasteiger partial charge in [0.1, 0.15) is 11.6 Å². The first-order chi connectivity index (χ1) is 9.63. The van der Waals surface area contributed by atoms with Gasteiger partial charge in [-0.05, 0) is 19.1 Å². The summed E-state index contributed by atoms with van der Waals surface area (Å²) >= 11 is 1.10. The zero-order chi connectivity index (χ0) is 14.5.